The third-order valence-corrected chi connectivity index (χ3v) is 4.30. The first kappa shape index (κ1) is 19.7. The fourth-order valence-corrected chi connectivity index (χ4v) is 3.03. The van der Waals surface area contributed by atoms with Crippen LogP contribution in [0.2, 0.25) is 0 Å². The van der Waals surface area contributed by atoms with E-state index in [1.807, 2.05) is 6.92 Å². The molecule has 1 aromatic heterocycles. The summed E-state index contributed by atoms with van der Waals surface area (Å²) in [5.74, 6) is -0.697. The molecule has 6 nitrogen and oxygen atoms in total. The highest BCUT2D eigenvalue weighted by molar-refractivity contribution is 6.16. The third-order valence-electron chi connectivity index (χ3n) is 4.30. The number of anilines is 3. The van der Waals surface area contributed by atoms with Crippen LogP contribution in [0.5, 0.6) is 0 Å². The van der Waals surface area contributed by atoms with Gasteiger partial charge in [-0.1, -0.05) is 25.5 Å². The number of carbonyl (C=O) groups excluding carboxylic acids is 2. The van der Waals surface area contributed by atoms with Gasteiger partial charge in [-0.15, -0.1) is 0 Å². The molecule has 148 valence electrons. The number of pyridine rings is 1. The smallest absolute Gasteiger partial charge is 0.361 e. The van der Waals surface area contributed by atoms with Crippen LogP contribution in [-0.4, -0.2) is 35.6 Å². The third kappa shape index (κ3) is 4.24. The van der Waals surface area contributed by atoms with Gasteiger partial charge in [0.15, 0.2) is 0 Å². The van der Waals surface area contributed by atoms with Crippen molar-refractivity contribution >= 4 is 29.0 Å². The quantitative estimate of drug-likeness (QED) is 0.811. The molecule has 9 heteroatoms. The van der Waals surface area contributed by atoms with Crippen LogP contribution in [0.3, 0.4) is 0 Å². The van der Waals surface area contributed by atoms with E-state index in [0.29, 0.717) is 24.2 Å². The number of amides is 2. The van der Waals surface area contributed by atoms with E-state index in [4.69, 9.17) is 0 Å². The second-order valence-electron chi connectivity index (χ2n) is 6.39. The summed E-state index contributed by atoms with van der Waals surface area (Å²) in [6.07, 6.45) is -1.99. The van der Waals surface area contributed by atoms with Gasteiger partial charge in [-0.25, -0.2) is 4.98 Å². The zero-order chi connectivity index (χ0) is 20.3. The summed E-state index contributed by atoms with van der Waals surface area (Å²) >= 11 is 0. The Kier molecular flexibility index (Phi) is 5.53. The van der Waals surface area contributed by atoms with Crippen molar-refractivity contribution in [3.05, 3.63) is 48.2 Å². The predicted octanol–water partition coefficient (Wildman–Crippen LogP) is 3.82. The van der Waals surface area contributed by atoms with Crippen molar-refractivity contribution in [1.82, 2.24) is 4.98 Å². The molecular formula is C19H19F3N4O2. The van der Waals surface area contributed by atoms with Crippen molar-refractivity contribution in [3.63, 3.8) is 0 Å². The maximum absolute atomic E-state index is 13.1. The van der Waals surface area contributed by atoms with Crippen molar-refractivity contribution in [3.8, 4) is 0 Å². The molecule has 2 aromatic rings. The van der Waals surface area contributed by atoms with E-state index in [1.54, 1.807) is 24.3 Å². The molecule has 0 aliphatic carbocycles. The monoisotopic (exact) mass is 392 g/mol. The highest BCUT2D eigenvalue weighted by Crippen LogP contribution is 2.34. The van der Waals surface area contributed by atoms with E-state index in [-0.39, 0.29) is 17.3 Å². The lowest BCUT2D eigenvalue weighted by molar-refractivity contribution is -0.118. The molecule has 1 aromatic carbocycles. The number of halogens is 3. The Morgan fingerprint density at radius 1 is 1.25 bits per heavy atom. The van der Waals surface area contributed by atoms with Gasteiger partial charge >= 0.3 is 6.18 Å². The van der Waals surface area contributed by atoms with Crippen LogP contribution in [0.15, 0.2) is 42.6 Å². The maximum atomic E-state index is 13.1. The van der Waals surface area contributed by atoms with Crippen molar-refractivity contribution in [2.75, 3.05) is 22.1 Å². The summed E-state index contributed by atoms with van der Waals surface area (Å²) in [5, 5.41) is 4.96. The lowest BCUT2D eigenvalue weighted by atomic mass is 10.0. The van der Waals surface area contributed by atoms with Gasteiger partial charge in [-0.2, -0.15) is 13.2 Å². The minimum Gasteiger partial charge on any atom is -0.361 e. The highest BCUT2D eigenvalue weighted by Gasteiger charge is 2.36. The van der Waals surface area contributed by atoms with Gasteiger partial charge in [0.2, 0.25) is 5.91 Å². The number of benzene rings is 1. The largest absolute Gasteiger partial charge is 0.405 e. The number of fused-ring (bicyclic) bond motifs is 1. The lowest BCUT2D eigenvalue weighted by Crippen LogP contribution is -2.51. The SMILES string of the molecule is CCC[C@H]1C(=O)Nc2ccccc2N1C(=O)c1ccc(NCC(F)(F)F)nc1. The second-order valence-corrected chi connectivity index (χ2v) is 6.39. The van der Waals surface area contributed by atoms with Gasteiger partial charge in [-0.05, 0) is 30.7 Å². The van der Waals surface area contributed by atoms with Crippen LogP contribution in [0, 0.1) is 0 Å². The van der Waals surface area contributed by atoms with E-state index >= 15 is 0 Å². The van der Waals surface area contributed by atoms with Gasteiger partial charge in [0.25, 0.3) is 5.91 Å². The number of nitrogens with zero attached hydrogens (tertiary/aromatic N) is 2. The molecule has 0 bridgehead atoms. The normalized spacial score (nSPS) is 16.4. The average Bonchev–Trinajstić information content (AvgIpc) is 2.66. The first-order valence-electron chi connectivity index (χ1n) is 8.80. The number of para-hydroxylation sites is 2. The molecule has 0 unspecified atom stereocenters. The van der Waals surface area contributed by atoms with Crippen LogP contribution in [-0.2, 0) is 4.79 Å². The van der Waals surface area contributed by atoms with Crippen LogP contribution >= 0.6 is 0 Å². The number of carbonyl (C=O) groups is 2. The van der Waals surface area contributed by atoms with Gasteiger partial charge in [0.1, 0.15) is 18.4 Å². The molecule has 0 saturated carbocycles. The molecule has 1 aliphatic rings. The maximum Gasteiger partial charge on any atom is 0.405 e. The minimum absolute atomic E-state index is 0.00997. The van der Waals surface area contributed by atoms with Crippen LogP contribution < -0.4 is 15.5 Å². The molecule has 0 spiro atoms. The Hall–Kier alpha value is -3.10. The summed E-state index contributed by atoms with van der Waals surface area (Å²) in [6, 6.07) is 9.00. The molecule has 0 saturated heterocycles. The molecule has 1 atom stereocenters. The summed E-state index contributed by atoms with van der Waals surface area (Å²) in [5.41, 5.74) is 1.29. The summed E-state index contributed by atoms with van der Waals surface area (Å²) in [4.78, 5) is 30.9. The molecule has 3 rings (SSSR count). The fourth-order valence-electron chi connectivity index (χ4n) is 3.03. The first-order valence-corrected chi connectivity index (χ1v) is 8.80. The molecule has 0 radical (unpaired) electrons. The van der Waals surface area contributed by atoms with E-state index in [9.17, 15) is 22.8 Å². The molecule has 28 heavy (non-hydrogen) atoms. The van der Waals surface area contributed by atoms with E-state index < -0.39 is 24.7 Å². The molecule has 2 heterocycles. The number of hydrogen-bond acceptors (Lipinski definition) is 4. The van der Waals surface area contributed by atoms with Crippen LogP contribution in [0.4, 0.5) is 30.4 Å². The Morgan fingerprint density at radius 2 is 2.00 bits per heavy atom. The number of alkyl halides is 3. The summed E-state index contributed by atoms with van der Waals surface area (Å²) < 4.78 is 36.9. The van der Waals surface area contributed by atoms with E-state index in [1.165, 1.54) is 23.2 Å². The van der Waals surface area contributed by atoms with Crippen molar-refractivity contribution < 1.29 is 22.8 Å². The molecule has 2 N–H and O–H groups in total. The van der Waals surface area contributed by atoms with Crippen LogP contribution in [0.1, 0.15) is 30.1 Å². The zero-order valence-electron chi connectivity index (χ0n) is 15.1. The molecular weight excluding hydrogens is 373 g/mol. The highest BCUT2D eigenvalue weighted by atomic mass is 19.4. The van der Waals surface area contributed by atoms with Gasteiger partial charge in [0.05, 0.1) is 16.9 Å². The molecule has 2 amide bonds. The van der Waals surface area contributed by atoms with Crippen LogP contribution in [0.25, 0.3) is 0 Å². The Balaban J connectivity index is 1.87. The number of hydrogen-bond donors (Lipinski definition) is 2. The van der Waals surface area contributed by atoms with E-state index in [2.05, 4.69) is 15.6 Å². The number of aromatic nitrogens is 1. The summed E-state index contributed by atoms with van der Waals surface area (Å²) in [7, 11) is 0. The predicted molar refractivity (Wildman–Crippen MR) is 99.4 cm³/mol. The Bertz CT molecular complexity index is 868. The fraction of sp³-hybridized carbons (Fsp3) is 0.316. The zero-order valence-corrected chi connectivity index (χ0v) is 15.1. The van der Waals surface area contributed by atoms with Crippen molar-refractivity contribution in [1.29, 1.82) is 0 Å². The first-order chi connectivity index (χ1) is 13.3. The molecule has 0 fully saturated rings. The van der Waals surface area contributed by atoms with Gasteiger partial charge in [0, 0.05) is 6.20 Å². The minimum atomic E-state index is -4.37. The topological polar surface area (TPSA) is 74.3 Å². The second kappa shape index (κ2) is 7.87. The Morgan fingerprint density at radius 3 is 2.64 bits per heavy atom. The van der Waals surface area contributed by atoms with Crippen molar-refractivity contribution in [2.45, 2.75) is 32.0 Å². The standard InChI is InChI=1S/C19H19F3N4O2/c1-2-5-15-17(27)25-13-6-3-4-7-14(13)26(15)18(28)12-8-9-16(23-10-12)24-11-19(20,21)22/h3-4,6-10,15H,2,5,11H2,1H3,(H,23,24)(H,25,27)/t15-/m0/s1. The number of nitrogens with one attached hydrogen (secondary N) is 2. The van der Waals surface area contributed by atoms with E-state index in [0.717, 1.165) is 0 Å². The summed E-state index contributed by atoms with van der Waals surface area (Å²) in [6.45, 7) is 0.699. The molecule has 1 aliphatic heterocycles. The van der Waals surface area contributed by atoms with Gasteiger partial charge < -0.3 is 10.6 Å². The average molecular weight is 392 g/mol. The Labute approximate surface area is 159 Å². The lowest BCUT2D eigenvalue weighted by Gasteiger charge is -2.36. The van der Waals surface area contributed by atoms with Gasteiger partial charge in [-0.3, -0.25) is 14.5 Å². The van der Waals surface area contributed by atoms with Crippen molar-refractivity contribution in [2.24, 2.45) is 0 Å². The number of rotatable bonds is 5.